The standard InChI is InChI=1S/C21H24ClN3O2/c1-23-11-3-6-19(23)13-24(17-7-8-17)20(26)14-25(18-9-10-18)21(27)15-4-2-5-16(22)12-15/h2-6,11-12,17-18H,7-10,13-14H2,1H3. The molecule has 0 bridgehead atoms. The van der Waals surface area contributed by atoms with Crippen molar-refractivity contribution in [3.05, 3.63) is 58.9 Å². The van der Waals surface area contributed by atoms with Crippen molar-refractivity contribution in [1.29, 1.82) is 0 Å². The molecule has 0 unspecified atom stereocenters. The molecule has 1 aromatic carbocycles. The molecule has 5 nitrogen and oxygen atoms in total. The topological polar surface area (TPSA) is 45.6 Å². The van der Waals surface area contributed by atoms with E-state index >= 15 is 0 Å². The maximum Gasteiger partial charge on any atom is 0.254 e. The molecule has 0 radical (unpaired) electrons. The fraction of sp³-hybridized carbons (Fsp3) is 0.429. The summed E-state index contributed by atoms with van der Waals surface area (Å²) in [7, 11) is 1.99. The van der Waals surface area contributed by atoms with Gasteiger partial charge in [-0.2, -0.15) is 0 Å². The van der Waals surface area contributed by atoms with Gasteiger partial charge in [-0.3, -0.25) is 9.59 Å². The van der Waals surface area contributed by atoms with Crippen LogP contribution in [-0.4, -0.2) is 44.8 Å². The lowest BCUT2D eigenvalue weighted by Crippen LogP contribution is -2.44. The number of carbonyl (C=O) groups excluding carboxylic acids is 2. The highest BCUT2D eigenvalue weighted by Crippen LogP contribution is 2.31. The molecular formula is C21H24ClN3O2. The number of hydrogen-bond acceptors (Lipinski definition) is 2. The lowest BCUT2D eigenvalue weighted by Gasteiger charge is -2.28. The number of amides is 2. The van der Waals surface area contributed by atoms with Gasteiger partial charge in [-0.15, -0.1) is 0 Å². The normalized spacial score (nSPS) is 16.2. The summed E-state index contributed by atoms with van der Waals surface area (Å²) in [5, 5.41) is 0.534. The fourth-order valence-electron chi connectivity index (χ4n) is 3.42. The van der Waals surface area contributed by atoms with E-state index in [1.54, 1.807) is 29.2 Å². The summed E-state index contributed by atoms with van der Waals surface area (Å²) in [4.78, 5) is 29.8. The number of nitrogens with zero attached hydrogens (tertiary/aromatic N) is 3. The lowest BCUT2D eigenvalue weighted by molar-refractivity contribution is -0.133. The van der Waals surface area contributed by atoms with Gasteiger partial charge in [-0.05, 0) is 56.0 Å². The van der Waals surface area contributed by atoms with Crippen molar-refractivity contribution in [3.63, 3.8) is 0 Å². The molecule has 0 spiro atoms. The van der Waals surface area contributed by atoms with Gasteiger partial charge in [0.05, 0.1) is 6.54 Å². The van der Waals surface area contributed by atoms with Crippen molar-refractivity contribution in [1.82, 2.24) is 14.4 Å². The van der Waals surface area contributed by atoms with Gasteiger partial charge in [0.1, 0.15) is 6.54 Å². The van der Waals surface area contributed by atoms with E-state index in [0.29, 0.717) is 23.2 Å². The summed E-state index contributed by atoms with van der Waals surface area (Å²) in [6, 6.07) is 11.4. The molecule has 0 aliphatic heterocycles. The van der Waals surface area contributed by atoms with Crippen LogP contribution in [0.4, 0.5) is 0 Å². The Morgan fingerprint density at radius 3 is 2.37 bits per heavy atom. The molecular weight excluding hydrogens is 362 g/mol. The molecule has 2 aliphatic rings. The van der Waals surface area contributed by atoms with Crippen LogP contribution in [0.5, 0.6) is 0 Å². The highest BCUT2D eigenvalue weighted by Gasteiger charge is 2.38. The summed E-state index contributed by atoms with van der Waals surface area (Å²) >= 11 is 6.04. The van der Waals surface area contributed by atoms with E-state index in [2.05, 4.69) is 0 Å². The minimum absolute atomic E-state index is 0.0287. The maximum atomic E-state index is 13.1. The summed E-state index contributed by atoms with van der Waals surface area (Å²) in [6.45, 7) is 0.730. The predicted octanol–water partition coefficient (Wildman–Crippen LogP) is 3.47. The van der Waals surface area contributed by atoms with Crippen molar-refractivity contribution in [3.8, 4) is 0 Å². The maximum absolute atomic E-state index is 13.1. The Morgan fingerprint density at radius 1 is 1.07 bits per heavy atom. The second-order valence-electron chi connectivity index (χ2n) is 7.54. The van der Waals surface area contributed by atoms with Gasteiger partial charge in [0, 0.05) is 41.6 Å². The van der Waals surface area contributed by atoms with Crippen LogP contribution in [0.25, 0.3) is 0 Å². The van der Waals surface area contributed by atoms with Crippen molar-refractivity contribution in [2.75, 3.05) is 6.54 Å². The lowest BCUT2D eigenvalue weighted by atomic mass is 10.2. The Balaban J connectivity index is 1.49. The molecule has 0 N–H and O–H groups in total. The van der Waals surface area contributed by atoms with E-state index in [0.717, 1.165) is 31.4 Å². The number of rotatable bonds is 7. The molecule has 27 heavy (non-hydrogen) atoms. The third kappa shape index (κ3) is 4.19. The average molecular weight is 386 g/mol. The Labute approximate surface area is 164 Å². The molecule has 2 saturated carbocycles. The minimum Gasteiger partial charge on any atom is -0.353 e. The van der Waals surface area contributed by atoms with Crippen molar-refractivity contribution in [2.45, 2.75) is 44.3 Å². The summed E-state index contributed by atoms with van der Waals surface area (Å²) in [5.74, 6) is -0.0797. The van der Waals surface area contributed by atoms with Crippen LogP contribution in [0.3, 0.4) is 0 Å². The fourth-order valence-corrected chi connectivity index (χ4v) is 3.61. The number of hydrogen-bond donors (Lipinski definition) is 0. The first-order valence-corrected chi connectivity index (χ1v) is 9.87. The predicted molar refractivity (Wildman–Crippen MR) is 104 cm³/mol. The smallest absolute Gasteiger partial charge is 0.254 e. The van der Waals surface area contributed by atoms with Crippen LogP contribution in [-0.2, 0) is 18.4 Å². The molecule has 2 fully saturated rings. The van der Waals surface area contributed by atoms with E-state index < -0.39 is 0 Å². The van der Waals surface area contributed by atoms with Gasteiger partial charge in [0.25, 0.3) is 5.91 Å². The van der Waals surface area contributed by atoms with Crippen LogP contribution >= 0.6 is 11.6 Å². The molecule has 2 aliphatic carbocycles. The van der Waals surface area contributed by atoms with E-state index in [-0.39, 0.29) is 24.4 Å². The molecule has 1 aromatic heterocycles. The van der Waals surface area contributed by atoms with Gasteiger partial charge in [0.15, 0.2) is 0 Å². The molecule has 142 valence electrons. The third-order valence-electron chi connectivity index (χ3n) is 5.32. The molecule has 2 aromatic rings. The zero-order valence-corrected chi connectivity index (χ0v) is 16.2. The average Bonchev–Trinajstić information content (AvgIpc) is 3.56. The second-order valence-corrected chi connectivity index (χ2v) is 7.97. The summed E-state index contributed by atoms with van der Waals surface area (Å²) in [6.07, 6.45) is 6.00. The molecule has 0 saturated heterocycles. The number of carbonyl (C=O) groups is 2. The number of halogens is 1. The first-order chi connectivity index (χ1) is 13.0. The monoisotopic (exact) mass is 385 g/mol. The number of aryl methyl sites for hydroxylation is 1. The van der Waals surface area contributed by atoms with Crippen LogP contribution in [0.15, 0.2) is 42.6 Å². The number of aromatic nitrogens is 1. The Hall–Kier alpha value is -2.27. The molecule has 4 rings (SSSR count). The molecule has 1 heterocycles. The Morgan fingerprint density at radius 2 is 1.78 bits per heavy atom. The molecule has 6 heteroatoms. The van der Waals surface area contributed by atoms with Crippen LogP contribution in [0.1, 0.15) is 41.7 Å². The molecule has 0 atom stereocenters. The highest BCUT2D eigenvalue weighted by atomic mass is 35.5. The van der Waals surface area contributed by atoms with Crippen LogP contribution < -0.4 is 0 Å². The second kappa shape index (κ2) is 7.39. The van der Waals surface area contributed by atoms with E-state index in [4.69, 9.17) is 11.6 Å². The summed E-state index contributed by atoms with van der Waals surface area (Å²) < 4.78 is 2.04. The zero-order valence-electron chi connectivity index (χ0n) is 15.5. The van der Waals surface area contributed by atoms with E-state index in [9.17, 15) is 9.59 Å². The van der Waals surface area contributed by atoms with E-state index in [1.807, 2.05) is 34.8 Å². The SMILES string of the molecule is Cn1cccc1CN(C(=O)CN(C(=O)c1cccc(Cl)c1)C1CC1)C1CC1. The van der Waals surface area contributed by atoms with Gasteiger partial charge >= 0.3 is 0 Å². The number of benzene rings is 1. The van der Waals surface area contributed by atoms with Crippen molar-refractivity contribution in [2.24, 2.45) is 7.05 Å². The summed E-state index contributed by atoms with van der Waals surface area (Å²) in [5.41, 5.74) is 1.65. The largest absolute Gasteiger partial charge is 0.353 e. The Kier molecular flexibility index (Phi) is 4.96. The highest BCUT2D eigenvalue weighted by molar-refractivity contribution is 6.31. The zero-order chi connectivity index (χ0) is 19.0. The van der Waals surface area contributed by atoms with Gasteiger partial charge in [-0.25, -0.2) is 0 Å². The van der Waals surface area contributed by atoms with Gasteiger partial charge in [0.2, 0.25) is 5.91 Å². The Bertz CT molecular complexity index is 855. The minimum atomic E-state index is -0.108. The van der Waals surface area contributed by atoms with Crippen LogP contribution in [0.2, 0.25) is 5.02 Å². The van der Waals surface area contributed by atoms with Crippen molar-refractivity contribution < 1.29 is 9.59 Å². The van der Waals surface area contributed by atoms with Crippen molar-refractivity contribution >= 4 is 23.4 Å². The third-order valence-corrected chi connectivity index (χ3v) is 5.55. The van der Waals surface area contributed by atoms with E-state index in [1.165, 1.54) is 0 Å². The first kappa shape index (κ1) is 18.1. The molecule has 2 amide bonds. The van der Waals surface area contributed by atoms with Gasteiger partial charge < -0.3 is 14.4 Å². The quantitative estimate of drug-likeness (QED) is 0.732. The van der Waals surface area contributed by atoms with Gasteiger partial charge in [-0.1, -0.05) is 17.7 Å². The first-order valence-electron chi connectivity index (χ1n) is 9.49. The van der Waals surface area contributed by atoms with Crippen LogP contribution in [0, 0.1) is 0 Å².